The Morgan fingerprint density at radius 3 is 2.53 bits per heavy atom. The zero-order valence-electron chi connectivity index (χ0n) is 17.8. The largest absolute Gasteiger partial charge is 0.465 e. The monoisotopic (exact) mass is 483 g/mol. The number of esters is 1. The number of rotatable bonds is 6. The molecular weight excluding hydrogens is 462 g/mol. The van der Waals surface area contributed by atoms with E-state index >= 15 is 0 Å². The Bertz CT molecular complexity index is 1420. The molecule has 0 aliphatic heterocycles. The summed E-state index contributed by atoms with van der Waals surface area (Å²) in [5, 5.41) is 0.409. The standard InChI is InChI=1S/C23H21N3O3S3/c1-4-29-18(27)13-31-22-24-20-19(21(28)26(22)16-8-6-5-7-9-16)32-23(30)25(20)17-11-10-14(2)15(3)12-17/h5-12H,4,13H2,1-3H3. The van der Waals surface area contributed by atoms with E-state index in [1.54, 1.807) is 6.92 Å². The van der Waals surface area contributed by atoms with Crippen molar-refractivity contribution in [1.82, 2.24) is 14.1 Å². The number of ether oxygens (including phenoxy) is 1. The van der Waals surface area contributed by atoms with Gasteiger partial charge in [-0.3, -0.25) is 18.7 Å². The highest BCUT2D eigenvalue weighted by atomic mass is 32.2. The number of carbonyl (C=O) groups excluding carboxylic acids is 1. The van der Waals surface area contributed by atoms with Crippen LogP contribution in [-0.2, 0) is 9.53 Å². The van der Waals surface area contributed by atoms with Crippen molar-refractivity contribution in [2.75, 3.05) is 12.4 Å². The second-order valence-electron chi connectivity index (χ2n) is 7.09. The van der Waals surface area contributed by atoms with E-state index in [0.717, 1.165) is 11.3 Å². The van der Waals surface area contributed by atoms with Crippen LogP contribution in [0.3, 0.4) is 0 Å². The van der Waals surface area contributed by atoms with Crippen molar-refractivity contribution in [3.05, 3.63) is 74.0 Å². The SMILES string of the molecule is CCOC(=O)CSc1nc2c(sc(=S)n2-c2ccc(C)c(C)c2)c(=O)n1-c1ccccc1. The lowest BCUT2D eigenvalue weighted by molar-refractivity contribution is -0.139. The number of para-hydroxylation sites is 1. The molecule has 164 valence electrons. The molecule has 2 heterocycles. The van der Waals surface area contributed by atoms with Gasteiger partial charge in [-0.15, -0.1) is 0 Å². The molecule has 2 aromatic heterocycles. The number of fused-ring (bicyclic) bond motifs is 1. The Labute approximate surface area is 198 Å². The molecule has 0 fully saturated rings. The number of benzene rings is 2. The van der Waals surface area contributed by atoms with Crippen LogP contribution in [0.15, 0.2) is 58.5 Å². The number of carbonyl (C=O) groups is 1. The third-order valence-electron chi connectivity index (χ3n) is 4.96. The molecule has 0 atom stereocenters. The van der Waals surface area contributed by atoms with E-state index in [9.17, 15) is 9.59 Å². The zero-order valence-corrected chi connectivity index (χ0v) is 20.3. The number of thioether (sulfide) groups is 1. The molecule has 32 heavy (non-hydrogen) atoms. The summed E-state index contributed by atoms with van der Waals surface area (Å²) >= 11 is 8.04. The number of thiazole rings is 1. The Balaban J connectivity index is 1.95. The van der Waals surface area contributed by atoms with E-state index in [4.69, 9.17) is 21.9 Å². The summed E-state index contributed by atoms with van der Waals surface area (Å²) in [6.45, 7) is 6.14. The third-order valence-corrected chi connectivity index (χ3v) is 7.23. The van der Waals surface area contributed by atoms with Gasteiger partial charge in [-0.05, 0) is 68.4 Å². The van der Waals surface area contributed by atoms with Gasteiger partial charge in [0.15, 0.2) is 14.8 Å². The number of hydrogen-bond acceptors (Lipinski definition) is 7. The first-order valence-corrected chi connectivity index (χ1v) is 12.2. The van der Waals surface area contributed by atoms with Crippen molar-refractivity contribution >= 4 is 51.6 Å². The molecule has 6 nitrogen and oxygen atoms in total. The fourth-order valence-corrected chi connectivity index (χ4v) is 5.36. The Morgan fingerprint density at radius 2 is 1.84 bits per heavy atom. The lowest BCUT2D eigenvalue weighted by atomic mass is 10.1. The highest BCUT2D eigenvalue weighted by molar-refractivity contribution is 7.99. The van der Waals surface area contributed by atoms with Crippen LogP contribution in [0.4, 0.5) is 0 Å². The lowest BCUT2D eigenvalue weighted by Gasteiger charge is -2.13. The van der Waals surface area contributed by atoms with E-state index in [0.29, 0.717) is 31.8 Å². The minimum absolute atomic E-state index is 0.0487. The normalized spacial score (nSPS) is 11.1. The maximum Gasteiger partial charge on any atom is 0.316 e. The molecule has 0 radical (unpaired) electrons. The predicted molar refractivity (Wildman–Crippen MR) is 132 cm³/mol. The summed E-state index contributed by atoms with van der Waals surface area (Å²) < 4.78 is 9.42. The summed E-state index contributed by atoms with van der Waals surface area (Å²) in [4.78, 5) is 30.4. The highest BCUT2D eigenvalue weighted by Crippen LogP contribution is 2.28. The number of aromatic nitrogens is 3. The van der Waals surface area contributed by atoms with Gasteiger partial charge in [-0.1, -0.05) is 47.4 Å². The fourth-order valence-electron chi connectivity index (χ4n) is 3.26. The zero-order chi connectivity index (χ0) is 22.8. The van der Waals surface area contributed by atoms with Crippen LogP contribution in [0.5, 0.6) is 0 Å². The van der Waals surface area contributed by atoms with E-state index in [1.165, 1.54) is 33.2 Å². The highest BCUT2D eigenvalue weighted by Gasteiger charge is 2.20. The van der Waals surface area contributed by atoms with Gasteiger partial charge < -0.3 is 4.74 Å². The van der Waals surface area contributed by atoms with Gasteiger partial charge in [-0.2, -0.15) is 0 Å². The molecule has 0 aliphatic carbocycles. The van der Waals surface area contributed by atoms with E-state index in [-0.39, 0.29) is 17.3 Å². The van der Waals surface area contributed by atoms with Gasteiger partial charge in [-0.25, -0.2) is 4.98 Å². The minimum Gasteiger partial charge on any atom is -0.465 e. The molecule has 0 saturated heterocycles. The maximum absolute atomic E-state index is 13.6. The van der Waals surface area contributed by atoms with Gasteiger partial charge >= 0.3 is 5.97 Å². The van der Waals surface area contributed by atoms with Crippen molar-refractivity contribution < 1.29 is 9.53 Å². The predicted octanol–water partition coefficient (Wildman–Crippen LogP) is 5.24. The molecule has 4 aromatic rings. The van der Waals surface area contributed by atoms with Crippen LogP contribution in [-0.4, -0.2) is 32.4 Å². The van der Waals surface area contributed by atoms with Crippen molar-refractivity contribution in [1.29, 1.82) is 0 Å². The summed E-state index contributed by atoms with van der Waals surface area (Å²) in [6.07, 6.45) is 0. The van der Waals surface area contributed by atoms with Gasteiger partial charge in [0.1, 0.15) is 4.70 Å². The van der Waals surface area contributed by atoms with Crippen LogP contribution < -0.4 is 5.56 Å². The first-order chi connectivity index (χ1) is 15.4. The van der Waals surface area contributed by atoms with Crippen LogP contribution in [0.1, 0.15) is 18.1 Å². The minimum atomic E-state index is -0.359. The number of hydrogen-bond donors (Lipinski definition) is 0. The van der Waals surface area contributed by atoms with E-state index in [2.05, 4.69) is 0 Å². The molecule has 0 spiro atoms. The molecular formula is C23H21N3O3S3. The lowest BCUT2D eigenvalue weighted by Crippen LogP contribution is -2.22. The summed E-state index contributed by atoms with van der Waals surface area (Å²) in [5.41, 5.74) is 4.10. The molecule has 0 unspecified atom stereocenters. The average Bonchev–Trinajstić information content (AvgIpc) is 3.11. The molecule has 2 aromatic carbocycles. The Hall–Kier alpha value is -2.75. The van der Waals surface area contributed by atoms with Crippen molar-refractivity contribution in [2.24, 2.45) is 0 Å². The first-order valence-electron chi connectivity index (χ1n) is 10.0. The van der Waals surface area contributed by atoms with Crippen molar-refractivity contribution in [2.45, 2.75) is 25.9 Å². The topological polar surface area (TPSA) is 66.1 Å². The van der Waals surface area contributed by atoms with Gasteiger partial charge in [0.05, 0.1) is 18.0 Å². The maximum atomic E-state index is 13.6. The van der Waals surface area contributed by atoms with Crippen molar-refractivity contribution in [3.63, 3.8) is 0 Å². The van der Waals surface area contributed by atoms with Crippen LogP contribution >= 0.6 is 35.3 Å². The smallest absolute Gasteiger partial charge is 0.316 e. The molecule has 0 N–H and O–H groups in total. The summed E-state index contributed by atoms with van der Waals surface area (Å²) in [5.74, 6) is -0.310. The molecule has 0 saturated carbocycles. The van der Waals surface area contributed by atoms with Gasteiger partial charge in [0, 0.05) is 5.69 Å². The third kappa shape index (κ3) is 4.28. The van der Waals surface area contributed by atoms with Gasteiger partial charge in [0.2, 0.25) is 0 Å². The Kier molecular flexibility index (Phi) is 6.59. The van der Waals surface area contributed by atoms with Crippen molar-refractivity contribution in [3.8, 4) is 11.4 Å². The second-order valence-corrected chi connectivity index (χ2v) is 9.68. The van der Waals surface area contributed by atoms with E-state index < -0.39 is 0 Å². The van der Waals surface area contributed by atoms with Gasteiger partial charge in [0.25, 0.3) is 5.56 Å². The molecule has 0 amide bonds. The Morgan fingerprint density at radius 1 is 1.09 bits per heavy atom. The number of nitrogens with zero attached hydrogens (tertiary/aromatic N) is 3. The van der Waals surface area contributed by atoms with Crippen LogP contribution in [0.25, 0.3) is 21.7 Å². The summed E-state index contributed by atoms with van der Waals surface area (Å²) in [7, 11) is 0. The molecule has 0 bridgehead atoms. The van der Waals surface area contributed by atoms with Crippen LogP contribution in [0, 0.1) is 17.8 Å². The van der Waals surface area contributed by atoms with Crippen LogP contribution in [0.2, 0.25) is 0 Å². The molecule has 4 rings (SSSR count). The average molecular weight is 484 g/mol. The fraction of sp³-hybridized carbons (Fsp3) is 0.217. The number of aryl methyl sites for hydroxylation is 2. The molecule has 9 heteroatoms. The quantitative estimate of drug-likeness (QED) is 0.162. The molecule has 0 aliphatic rings. The first kappa shape index (κ1) is 22.4. The summed E-state index contributed by atoms with van der Waals surface area (Å²) in [6, 6.07) is 15.3. The second kappa shape index (κ2) is 9.40. The van der Waals surface area contributed by atoms with E-state index in [1.807, 2.05) is 66.9 Å².